The molecule has 0 radical (unpaired) electrons. The van der Waals surface area contributed by atoms with E-state index in [9.17, 15) is 0 Å². The number of hydrogen-bond donors (Lipinski definition) is 0. The van der Waals surface area contributed by atoms with Gasteiger partial charge in [0.25, 0.3) is 0 Å². The van der Waals surface area contributed by atoms with Crippen molar-refractivity contribution in [1.82, 2.24) is 0 Å². The highest BCUT2D eigenvalue weighted by Gasteiger charge is 1.97. The van der Waals surface area contributed by atoms with Crippen LogP contribution in [0.15, 0.2) is 11.6 Å². The van der Waals surface area contributed by atoms with Gasteiger partial charge in [0, 0.05) is 0 Å². The lowest BCUT2D eigenvalue weighted by Gasteiger charge is -2.07. The Kier molecular flexibility index (Phi) is 12.6. The summed E-state index contributed by atoms with van der Waals surface area (Å²) < 4.78 is 0. The third-order valence-corrected chi connectivity index (χ3v) is 3.17. The van der Waals surface area contributed by atoms with Crippen molar-refractivity contribution in [2.45, 2.75) is 91.4 Å². The Morgan fingerprint density at radius 1 is 0.688 bits per heavy atom. The van der Waals surface area contributed by atoms with Gasteiger partial charge < -0.3 is 0 Å². The molecule has 0 unspecified atom stereocenters. The molecule has 0 rings (SSSR count). The molecule has 0 aromatic rings. The zero-order valence-corrected chi connectivity index (χ0v) is 11.9. The molecule has 0 heterocycles. The first-order valence-corrected chi connectivity index (χ1v) is 7.53. The van der Waals surface area contributed by atoms with Crippen molar-refractivity contribution in [2.24, 2.45) is 0 Å². The normalized spacial score (nSPS) is 12.1. The minimum atomic E-state index is 1.29. The van der Waals surface area contributed by atoms with Crippen molar-refractivity contribution in [2.75, 3.05) is 0 Å². The molecule has 0 fully saturated rings. The Bertz CT molecular complexity index is 155. The fraction of sp³-hybridized carbons (Fsp3) is 0.875. The second-order valence-corrected chi connectivity index (χ2v) is 4.92. The maximum atomic E-state index is 2.51. The van der Waals surface area contributed by atoms with E-state index in [4.69, 9.17) is 0 Å². The van der Waals surface area contributed by atoms with Crippen LogP contribution in [0.3, 0.4) is 0 Å². The lowest BCUT2D eigenvalue weighted by Crippen LogP contribution is -1.87. The predicted molar refractivity (Wildman–Crippen MR) is 75.9 cm³/mol. The quantitative estimate of drug-likeness (QED) is 0.287. The first-order valence-electron chi connectivity index (χ1n) is 7.53. The summed E-state index contributed by atoms with van der Waals surface area (Å²) in [5.74, 6) is 0. The summed E-state index contributed by atoms with van der Waals surface area (Å²) in [5, 5.41) is 0. The van der Waals surface area contributed by atoms with Gasteiger partial charge in [-0.25, -0.2) is 0 Å². The van der Waals surface area contributed by atoms with Gasteiger partial charge in [0.2, 0.25) is 0 Å². The summed E-state index contributed by atoms with van der Waals surface area (Å²) in [4.78, 5) is 0. The molecule has 0 saturated heterocycles. The van der Waals surface area contributed by atoms with E-state index in [2.05, 4.69) is 26.8 Å². The van der Waals surface area contributed by atoms with Crippen molar-refractivity contribution in [3.8, 4) is 0 Å². The molecule has 0 amide bonds. The van der Waals surface area contributed by atoms with Gasteiger partial charge in [-0.15, -0.1) is 0 Å². The summed E-state index contributed by atoms with van der Waals surface area (Å²) in [7, 11) is 0. The molecule has 0 atom stereocenters. The molecule has 0 aliphatic rings. The molecule has 0 N–H and O–H groups in total. The first-order chi connectivity index (χ1) is 7.85. The van der Waals surface area contributed by atoms with Crippen LogP contribution in [0, 0.1) is 0 Å². The number of unbranched alkanes of at least 4 members (excludes halogenated alkanes) is 6. The van der Waals surface area contributed by atoms with Crippen LogP contribution in [0.5, 0.6) is 0 Å². The van der Waals surface area contributed by atoms with Crippen molar-refractivity contribution < 1.29 is 0 Å². The van der Waals surface area contributed by atoms with E-state index in [1.54, 1.807) is 5.57 Å². The van der Waals surface area contributed by atoms with Gasteiger partial charge in [0.05, 0.1) is 0 Å². The lowest BCUT2D eigenvalue weighted by atomic mass is 10.00. The van der Waals surface area contributed by atoms with Gasteiger partial charge in [0.1, 0.15) is 0 Å². The lowest BCUT2D eigenvalue weighted by molar-refractivity contribution is 0.618. The average molecular weight is 224 g/mol. The topological polar surface area (TPSA) is 0 Å². The molecular weight excluding hydrogens is 192 g/mol. The average Bonchev–Trinajstić information content (AvgIpc) is 2.31. The summed E-state index contributed by atoms with van der Waals surface area (Å²) >= 11 is 0. The highest BCUT2D eigenvalue weighted by atomic mass is 14.0. The summed E-state index contributed by atoms with van der Waals surface area (Å²) in [6.45, 7) is 6.85. The number of hydrogen-bond acceptors (Lipinski definition) is 0. The van der Waals surface area contributed by atoms with E-state index < -0.39 is 0 Å². The molecule has 16 heavy (non-hydrogen) atoms. The maximum Gasteiger partial charge on any atom is -0.0320 e. The van der Waals surface area contributed by atoms with E-state index >= 15 is 0 Å². The van der Waals surface area contributed by atoms with Crippen molar-refractivity contribution in [1.29, 1.82) is 0 Å². The third kappa shape index (κ3) is 10.3. The van der Waals surface area contributed by atoms with Crippen LogP contribution < -0.4 is 0 Å². The van der Waals surface area contributed by atoms with E-state index in [1.807, 2.05) is 0 Å². The van der Waals surface area contributed by atoms with Crippen LogP contribution in [0.4, 0.5) is 0 Å². The molecule has 0 aliphatic carbocycles. The van der Waals surface area contributed by atoms with E-state index in [0.29, 0.717) is 0 Å². The van der Waals surface area contributed by atoms with Crippen molar-refractivity contribution in [3.63, 3.8) is 0 Å². The molecule has 0 bridgehead atoms. The molecular formula is C16H32. The van der Waals surface area contributed by atoms with E-state index in [0.717, 1.165) is 0 Å². The molecule has 0 heteroatoms. The van der Waals surface area contributed by atoms with Crippen molar-refractivity contribution in [3.05, 3.63) is 11.6 Å². The van der Waals surface area contributed by atoms with Crippen LogP contribution in [-0.4, -0.2) is 0 Å². The second-order valence-electron chi connectivity index (χ2n) is 4.92. The Morgan fingerprint density at radius 3 is 1.94 bits per heavy atom. The number of rotatable bonds is 11. The van der Waals surface area contributed by atoms with Crippen LogP contribution in [-0.2, 0) is 0 Å². The first kappa shape index (κ1) is 15.7. The number of allylic oxidation sites excluding steroid dienone is 2. The Labute approximate surface area is 104 Å². The van der Waals surface area contributed by atoms with Crippen LogP contribution in [0.25, 0.3) is 0 Å². The molecule has 0 aliphatic heterocycles. The molecule has 0 nitrogen and oxygen atoms in total. The fourth-order valence-electron chi connectivity index (χ4n) is 2.04. The van der Waals surface area contributed by atoms with Gasteiger partial charge in [-0.1, -0.05) is 70.9 Å². The summed E-state index contributed by atoms with van der Waals surface area (Å²) in [5.41, 5.74) is 1.74. The van der Waals surface area contributed by atoms with E-state index in [-0.39, 0.29) is 0 Å². The minimum absolute atomic E-state index is 1.29. The monoisotopic (exact) mass is 224 g/mol. The zero-order chi connectivity index (χ0) is 12.1. The van der Waals surface area contributed by atoms with Gasteiger partial charge in [0.15, 0.2) is 0 Å². The van der Waals surface area contributed by atoms with Crippen LogP contribution >= 0.6 is 0 Å². The van der Waals surface area contributed by atoms with Gasteiger partial charge in [-0.05, 0) is 32.1 Å². The Hall–Kier alpha value is -0.260. The van der Waals surface area contributed by atoms with E-state index in [1.165, 1.54) is 70.6 Å². The Morgan fingerprint density at radius 2 is 1.31 bits per heavy atom. The van der Waals surface area contributed by atoms with Gasteiger partial charge in [-0.3, -0.25) is 0 Å². The predicted octanol–water partition coefficient (Wildman–Crippen LogP) is 6.26. The molecule has 0 spiro atoms. The molecule has 0 aromatic carbocycles. The standard InChI is InChI=1S/C16H32/c1-4-7-10-11-12-15-16(13-8-5-2)14-9-6-3/h13H,4-12,14-15H2,1-3H3. The van der Waals surface area contributed by atoms with Crippen LogP contribution in [0.2, 0.25) is 0 Å². The van der Waals surface area contributed by atoms with Crippen LogP contribution in [0.1, 0.15) is 91.4 Å². The smallest absolute Gasteiger partial charge is 0.0320 e. The summed E-state index contributed by atoms with van der Waals surface area (Å²) in [6.07, 6.45) is 17.6. The second kappa shape index (κ2) is 12.8. The fourth-order valence-corrected chi connectivity index (χ4v) is 2.04. The summed E-state index contributed by atoms with van der Waals surface area (Å²) in [6, 6.07) is 0. The highest BCUT2D eigenvalue weighted by Crippen LogP contribution is 2.17. The SMILES string of the molecule is CCCC=C(CCCC)CCCCCCC. The molecule has 96 valence electrons. The van der Waals surface area contributed by atoms with Crippen molar-refractivity contribution >= 4 is 0 Å². The Balaban J connectivity index is 3.65. The third-order valence-electron chi connectivity index (χ3n) is 3.17. The molecule has 0 saturated carbocycles. The minimum Gasteiger partial charge on any atom is -0.0853 e. The maximum absolute atomic E-state index is 2.51. The van der Waals surface area contributed by atoms with Gasteiger partial charge >= 0.3 is 0 Å². The van der Waals surface area contributed by atoms with Gasteiger partial charge in [-0.2, -0.15) is 0 Å². The largest absolute Gasteiger partial charge is 0.0853 e. The zero-order valence-electron chi connectivity index (χ0n) is 11.9. The molecule has 0 aromatic heterocycles. The highest BCUT2D eigenvalue weighted by molar-refractivity contribution is 5.01.